The van der Waals surface area contributed by atoms with E-state index < -0.39 is 0 Å². The van der Waals surface area contributed by atoms with Crippen LogP contribution < -0.4 is 10.6 Å². The second-order valence-corrected chi connectivity index (χ2v) is 4.87. The summed E-state index contributed by atoms with van der Waals surface area (Å²) in [6.45, 7) is 2.87. The molecular weight excluding hydrogens is 227 g/mol. The van der Waals surface area contributed by atoms with Gasteiger partial charge in [0, 0.05) is 6.54 Å². The molecule has 0 spiro atoms. The minimum Gasteiger partial charge on any atom is -0.381 e. The highest BCUT2D eigenvalue weighted by Gasteiger charge is 2.30. The Morgan fingerprint density at radius 1 is 1.06 bits per heavy atom. The van der Waals surface area contributed by atoms with Crippen LogP contribution in [0.2, 0.25) is 0 Å². The Kier molecular flexibility index (Phi) is 2.47. The van der Waals surface area contributed by atoms with Gasteiger partial charge in [0.15, 0.2) is 0 Å². The molecule has 0 saturated carbocycles. The molecular formula is C15H15FN2. The van der Waals surface area contributed by atoms with Crippen LogP contribution >= 0.6 is 0 Å². The number of rotatable bonds is 1. The van der Waals surface area contributed by atoms with Gasteiger partial charge in [-0.15, -0.1) is 0 Å². The maximum atomic E-state index is 13.1. The van der Waals surface area contributed by atoms with E-state index in [1.165, 1.54) is 17.7 Å². The summed E-state index contributed by atoms with van der Waals surface area (Å²) in [5.41, 5.74) is 2.80. The summed E-state index contributed by atoms with van der Waals surface area (Å²) in [6.07, 6.45) is 0. The number of fused-ring (bicyclic) bond motifs is 1. The number of halogens is 1. The third-order valence-electron chi connectivity index (χ3n) is 3.44. The summed E-state index contributed by atoms with van der Waals surface area (Å²) in [5, 5.41) is 6.78. The van der Waals surface area contributed by atoms with E-state index in [2.05, 4.69) is 29.7 Å². The lowest BCUT2D eigenvalue weighted by Crippen LogP contribution is -2.42. The molecule has 2 N–H and O–H groups in total. The Balaban J connectivity index is 1.97. The van der Waals surface area contributed by atoms with E-state index >= 15 is 0 Å². The second-order valence-electron chi connectivity index (χ2n) is 4.87. The van der Waals surface area contributed by atoms with Crippen molar-refractivity contribution >= 4 is 11.4 Å². The first-order valence-corrected chi connectivity index (χ1v) is 6.04. The third kappa shape index (κ3) is 1.82. The van der Waals surface area contributed by atoms with E-state index in [0.29, 0.717) is 0 Å². The van der Waals surface area contributed by atoms with Crippen molar-refractivity contribution < 1.29 is 4.39 Å². The first-order chi connectivity index (χ1) is 8.67. The van der Waals surface area contributed by atoms with E-state index in [9.17, 15) is 4.39 Å². The van der Waals surface area contributed by atoms with Gasteiger partial charge in [-0.25, -0.2) is 4.39 Å². The van der Waals surface area contributed by atoms with Gasteiger partial charge in [0.2, 0.25) is 0 Å². The molecule has 0 radical (unpaired) electrons. The van der Waals surface area contributed by atoms with Crippen LogP contribution in [0, 0.1) is 5.82 Å². The quantitative estimate of drug-likeness (QED) is 0.798. The fourth-order valence-electron chi connectivity index (χ4n) is 2.37. The van der Waals surface area contributed by atoms with E-state index in [0.717, 1.165) is 17.9 Å². The van der Waals surface area contributed by atoms with Crippen LogP contribution in [-0.4, -0.2) is 6.54 Å². The molecule has 3 rings (SSSR count). The predicted octanol–water partition coefficient (Wildman–Crippen LogP) is 3.58. The topological polar surface area (TPSA) is 24.1 Å². The van der Waals surface area contributed by atoms with Crippen molar-refractivity contribution in [2.45, 2.75) is 12.5 Å². The van der Waals surface area contributed by atoms with Crippen LogP contribution in [0.15, 0.2) is 48.5 Å². The Morgan fingerprint density at radius 2 is 1.83 bits per heavy atom. The van der Waals surface area contributed by atoms with Gasteiger partial charge >= 0.3 is 0 Å². The Bertz CT molecular complexity index is 568. The normalized spacial score (nSPS) is 21.7. The summed E-state index contributed by atoms with van der Waals surface area (Å²) in [5.74, 6) is -0.216. The zero-order valence-electron chi connectivity index (χ0n) is 10.2. The molecule has 1 heterocycles. The van der Waals surface area contributed by atoms with Crippen molar-refractivity contribution in [3.63, 3.8) is 0 Å². The van der Waals surface area contributed by atoms with Gasteiger partial charge in [-0.3, -0.25) is 0 Å². The summed E-state index contributed by atoms with van der Waals surface area (Å²) < 4.78 is 13.1. The van der Waals surface area contributed by atoms with Crippen LogP contribution in [0.4, 0.5) is 15.8 Å². The van der Waals surface area contributed by atoms with Crippen molar-refractivity contribution in [3.05, 3.63) is 59.9 Å². The van der Waals surface area contributed by atoms with Crippen LogP contribution in [0.1, 0.15) is 12.5 Å². The Labute approximate surface area is 106 Å². The minimum atomic E-state index is -0.216. The van der Waals surface area contributed by atoms with E-state index in [4.69, 9.17) is 0 Å². The molecule has 2 aromatic rings. The molecule has 92 valence electrons. The summed E-state index contributed by atoms with van der Waals surface area (Å²) in [6, 6.07) is 15.0. The molecule has 2 nitrogen and oxygen atoms in total. The van der Waals surface area contributed by atoms with Crippen molar-refractivity contribution in [2.75, 3.05) is 17.2 Å². The lowest BCUT2D eigenvalue weighted by molar-refractivity contribution is 0.563. The van der Waals surface area contributed by atoms with E-state index in [1.54, 1.807) is 6.07 Å². The highest BCUT2D eigenvalue weighted by atomic mass is 19.1. The highest BCUT2D eigenvalue weighted by molar-refractivity contribution is 5.72. The second kappa shape index (κ2) is 4.02. The molecule has 1 atom stereocenters. The molecule has 2 aromatic carbocycles. The summed E-state index contributed by atoms with van der Waals surface area (Å²) in [7, 11) is 0. The highest BCUT2D eigenvalue weighted by Crippen LogP contribution is 2.35. The molecule has 18 heavy (non-hydrogen) atoms. The lowest BCUT2D eigenvalue weighted by atomic mass is 9.89. The lowest BCUT2D eigenvalue weighted by Gasteiger charge is -2.38. The first-order valence-electron chi connectivity index (χ1n) is 6.04. The molecule has 0 fully saturated rings. The summed E-state index contributed by atoms with van der Waals surface area (Å²) in [4.78, 5) is 0. The molecule has 1 unspecified atom stereocenters. The maximum Gasteiger partial charge on any atom is 0.125 e. The smallest absolute Gasteiger partial charge is 0.125 e. The standard InChI is InChI=1S/C15H15FN2/c1-15(11-5-3-2-4-6-11)10-17-14-9-12(16)7-8-13(14)18-15/h2-9,17-18H,10H2,1H3. The van der Waals surface area contributed by atoms with Gasteiger partial charge in [0.25, 0.3) is 0 Å². The average molecular weight is 242 g/mol. The minimum absolute atomic E-state index is 0.175. The molecule has 3 heteroatoms. The van der Waals surface area contributed by atoms with Gasteiger partial charge in [-0.05, 0) is 30.7 Å². The molecule has 0 aromatic heterocycles. The molecule has 1 aliphatic heterocycles. The Hall–Kier alpha value is -2.03. The van der Waals surface area contributed by atoms with Crippen molar-refractivity contribution in [1.29, 1.82) is 0 Å². The molecule has 1 aliphatic rings. The van der Waals surface area contributed by atoms with Crippen LogP contribution in [-0.2, 0) is 5.54 Å². The predicted molar refractivity (Wildman–Crippen MR) is 72.3 cm³/mol. The molecule has 0 bridgehead atoms. The first kappa shape index (κ1) is 11.1. The molecule has 0 saturated heterocycles. The number of nitrogens with one attached hydrogen (secondary N) is 2. The third-order valence-corrected chi connectivity index (χ3v) is 3.44. The van der Waals surface area contributed by atoms with Gasteiger partial charge in [0.05, 0.1) is 16.9 Å². The van der Waals surface area contributed by atoms with E-state index in [-0.39, 0.29) is 11.4 Å². The van der Waals surface area contributed by atoms with Crippen molar-refractivity contribution in [1.82, 2.24) is 0 Å². The Morgan fingerprint density at radius 3 is 2.61 bits per heavy atom. The van der Waals surface area contributed by atoms with Gasteiger partial charge < -0.3 is 10.6 Å². The largest absolute Gasteiger partial charge is 0.381 e. The van der Waals surface area contributed by atoms with Crippen molar-refractivity contribution in [2.24, 2.45) is 0 Å². The molecule has 0 amide bonds. The van der Waals surface area contributed by atoms with Gasteiger partial charge in [-0.2, -0.15) is 0 Å². The zero-order valence-corrected chi connectivity index (χ0v) is 10.2. The van der Waals surface area contributed by atoms with Crippen LogP contribution in [0.3, 0.4) is 0 Å². The number of benzene rings is 2. The fraction of sp³-hybridized carbons (Fsp3) is 0.200. The van der Waals surface area contributed by atoms with Gasteiger partial charge in [0.1, 0.15) is 5.82 Å². The van der Waals surface area contributed by atoms with Crippen LogP contribution in [0.25, 0.3) is 0 Å². The summed E-state index contributed by atoms with van der Waals surface area (Å²) >= 11 is 0. The SMILES string of the molecule is CC1(c2ccccc2)CNc2cc(F)ccc2N1. The van der Waals surface area contributed by atoms with Crippen LogP contribution in [0.5, 0.6) is 0 Å². The number of hydrogen-bond acceptors (Lipinski definition) is 2. The van der Waals surface area contributed by atoms with Crippen molar-refractivity contribution in [3.8, 4) is 0 Å². The molecule has 0 aliphatic carbocycles. The maximum absolute atomic E-state index is 13.1. The average Bonchev–Trinajstić information content (AvgIpc) is 2.40. The zero-order chi connectivity index (χ0) is 12.6. The van der Waals surface area contributed by atoms with Gasteiger partial charge in [-0.1, -0.05) is 30.3 Å². The monoisotopic (exact) mass is 242 g/mol. The fourth-order valence-corrected chi connectivity index (χ4v) is 2.37. The van der Waals surface area contributed by atoms with E-state index in [1.807, 2.05) is 18.2 Å². The number of hydrogen-bond donors (Lipinski definition) is 2. The number of anilines is 2.